The van der Waals surface area contributed by atoms with Gasteiger partial charge in [0.15, 0.2) is 0 Å². The lowest BCUT2D eigenvalue weighted by Gasteiger charge is -2.60. The molecule has 0 spiro atoms. The van der Waals surface area contributed by atoms with Crippen LogP contribution < -0.4 is 5.23 Å². The van der Waals surface area contributed by atoms with Crippen molar-refractivity contribution in [2.45, 2.75) is 153 Å². The van der Waals surface area contributed by atoms with E-state index in [0.717, 1.165) is 42.4 Å². The average Bonchev–Trinajstić information content (AvgIpc) is 3.42. The van der Waals surface area contributed by atoms with Crippen LogP contribution in [0.4, 0.5) is 0 Å². The van der Waals surface area contributed by atoms with Gasteiger partial charge in [-0.3, -0.25) is 4.79 Å². The summed E-state index contributed by atoms with van der Waals surface area (Å²) in [6.07, 6.45) is 23.0. The number of carbonyl (C=O) groups is 1. The van der Waals surface area contributed by atoms with E-state index in [9.17, 15) is 4.79 Å². The van der Waals surface area contributed by atoms with Gasteiger partial charge >= 0.3 is 0 Å². The molecule has 0 amide bonds. The molecule has 248 valence electrons. The molecule has 4 rings (SSSR count). The third kappa shape index (κ3) is 9.23. The molecule has 0 radical (unpaired) electrons. The molecule has 4 aliphatic carbocycles. The molecule has 2 nitrogen and oxygen atoms in total. The first-order valence-corrected chi connectivity index (χ1v) is 18.8. The Hall–Kier alpha value is -1.09. The van der Waals surface area contributed by atoms with Gasteiger partial charge in [0.25, 0.3) is 0 Å². The third-order valence-electron chi connectivity index (χ3n) is 11.9. The van der Waals surface area contributed by atoms with Gasteiger partial charge in [-0.05, 0) is 86.0 Å². The highest BCUT2D eigenvalue weighted by molar-refractivity contribution is 6.54. The van der Waals surface area contributed by atoms with Crippen molar-refractivity contribution in [3.8, 4) is 0 Å². The van der Waals surface area contributed by atoms with Crippen LogP contribution in [0, 0.1) is 52.3 Å². The Labute approximate surface area is 270 Å². The van der Waals surface area contributed by atoms with Gasteiger partial charge in [0.1, 0.15) is 5.78 Å². The number of fused-ring (bicyclic) bond motifs is 5. The number of ketones is 1. The Balaban J connectivity index is 0.000000663. The van der Waals surface area contributed by atoms with E-state index >= 15 is 0 Å². The van der Waals surface area contributed by atoms with Gasteiger partial charge in [0.05, 0.1) is 0 Å². The van der Waals surface area contributed by atoms with Crippen LogP contribution in [0.3, 0.4) is 0 Å². The van der Waals surface area contributed by atoms with Crippen molar-refractivity contribution in [3.63, 3.8) is 0 Å². The SMILES string of the molecule is C=CC12CCC(=O)CC1=CC(C)C1C2CCC2(C=C)C(C(C)CCCC(C)C)CCC12.CC.CC.CCCCB(C)NC. The number of Topliss-reactive ketones (excluding diaryl/α,β-unsaturated/α-hetero) is 1. The van der Waals surface area contributed by atoms with Crippen molar-refractivity contribution in [2.24, 2.45) is 52.3 Å². The molecule has 8 unspecified atom stereocenters. The molecule has 43 heavy (non-hydrogen) atoms. The van der Waals surface area contributed by atoms with Crippen molar-refractivity contribution in [1.82, 2.24) is 5.23 Å². The van der Waals surface area contributed by atoms with Gasteiger partial charge in [0, 0.05) is 18.3 Å². The lowest BCUT2D eigenvalue weighted by molar-refractivity contribution is -0.122. The topological polar surface area (TPSA) is 29.1 Å². The van der Waals surface area contributed by atoms with Crippen LogP contribution in [0.1, 0.15) is 139 Å². The molecule has 3 fully saturated rings. The summed E-state index contributed by atoms with van der Waals surface area (Å²) in [7, 11) is 2.01. The minimum Gasteiger partial charge on any atom is -0.359 e. The van der Waals surface area contributed by atoms with Crippen LogP contribution in [0.5, 0.6) is 0 Å². The van der Waals surface area contributed by atoms with E-state index in [1.165, 1.54) is 69.7 Å². The van der Waals surface area contributed by atoms with E-state index in [4.69, 9.17) is 0 Å². The van der Waals surface area contributed by atoms with Crippen LogP contribution >= 0.6 is 0 Å². The van der Waals surface area contributed by atoms with E-state index in [1.807, 2.05) is 34.7 Å². The van der Waals surface area contributed by atoms with Crippen LogP contribution in [0.15, 0.2) is 37.0 Å². The quantitative estimate of drug-likeness (QED) is 0.190. The third-order valence-corrected chi connectivity index (χ3v) is 11.9. The molecule has 0 aromatic heterocycles. The number of nitrogens with one attached hydrogen (secondary N) is 1. The maximum atomic E-state index is 12.3. The van der Waals surface area contributed by atoms with Crippen LogP contribution in [0.2, 0.25) is 13.1 Å². The second-order valence-corrected chi connectivity index (χ2v) is 14.5. The van der Waals surface area contributed by atoms with E-state index in [-0.39, 0.29) is 5.41 Å². The summed E-state index contributed by atoms with van der Waals surface area (Å²) in [6.45, 7) is 31.6. The predicted octanol–water partition coefficient (Wildman–Crippen LogP) is 11.9. The molecule has 1 N–H and O–H groups in total. The van der Waals surface area contributed by atoms with E-state index in [0.29, 0.717) is 36.3 Å². The van der Waals surface area contributed by atoms with Crippen molar-refractivity contribution in [2.75, 3.05) is 7.05 Å². The molecule has 3 saturated carbocycles. The minimum atomic E-state index is 0.0827. The molecule has 0 aromatic rings. The van der Waals surface area contributed by atoms with E-state index < -0.39 is 0 Å². The van der Waals surface area contributed by atoms with E-state index in [2.05, 4.69) is 78.1 Å². The van der Waals surface area contributed by atoms with Gasteiger partial charge in [-0.25, -0.2) is 0 Å². The molecule has 0 bridgehead atoms. The lowest BCUT2D eigenvalue weighted by atomic mass is 9.44. The van der Waals surface area contributed by atoms with Crippen molar-refractivity contribution >= 4 is 12.6 Å². The molecule has 0 saturated heterocycles. The highest BCUT2D eigenvalue weighted by Gasteiger charge is 2.61. The van der Waals surface area contributed by atoms with Gasteiger partial charge in [-0.1, -0.05) is 131 Å². The Morgan fingerprint density at radius 2 is 1.67 bits per heavy atom. The first-order chi connectivity index (χ1) is 20.6. The predicted molar refractivity (Wildman–Crippen MR) is 195 cm³/mol. The van der Waals surface area contributed by atoms with Gasteiger partial charge in [0.2, 0.25) is 6.85 Å². The summed E-state index contributed by atoms with van der Waals surface area (Å²) in [6, 6.07) is 0. The van der Waals surface area contributed by atoms with Crippen molar-refractivity contribution in [3.05, 3.63) is 37.0 Å². The first kappa shape index (κ1) is 39.9. The Kier molecular flexibility index (Phi) is 18.1. The number of unbranched alkanes of at least 4 members (excludes halogenated alkanes) is 1. The van der Waals surface area contributed by atoms with Crippen molar-refractivity contribution < 1.29 is 4.79 Å². The lowest BCUT2D eigenvalue weighted by Crippen LogP contribution is -2.53. The fourth-order valence-corrected chi connectivity index (χ4v) is 9.65. The van der Waals surface area contributed by atoms with Gasteiger partial charge in [-0.15, -0.1) is 13.2 Å². The smallest absolute Gasteiger partial charge is 0.216 e. The number of rotatable bonds is 11. The minimum absolute atomic E-state index is 0.0827. The summed E-state index contributed by atoms with van der Waals surface area (Å²) in [5.41, 5.74) is 1.82. The zero-order valence-electron chi connectivity index (χ0n) is 30.9. The molecule has 0 aromatic carbocycles. The number of hydrogen-bond acceptors (Lipinski definition) is 2. The largest absolute Gasteiger partial charge is 0.359 e. The van der Waals surface area contributed by atoms with Crippen LogP contribution in [-0.2, 0) is 4.79 Å². The zero-order valence-corrected chi connectivity index (χ0v) is 30.9. The summed E-state index contributed by atoms with van der Waals surface area (Å²) in [4.78, 5) is 12.3. The molecular formula is C40H74BNO. The van der Waals surface area contributed by atoms with Gasteiger partial charge < -0.3 is 5.23 Å². The molecule has 4 aliphatic rings. The molecular weight excluding hydrogens is 521 g/mol. The summed E-state index contributed by atoms with van der Waals surface area (Å²) in [5.74, 6) is 5.55. The standard InChI is InChI=1S/C30H46O.C6H16BN.2C2H6/c1-7-29-16-14-24(31)19-23(29)18-22(6)28-26-13-12-25(21(5)11-9-10-20(3)4)30(26,8-2)17-15-27(28)29;1-4-5-6-7(2)8-3;2*1-2/h7-8,18,20-22,25-28H,1-2,9-17,19H2,3-6H3;8H,4-6H2,1-3H3;2*1-2H3. The number of hydrogen-bond donors (Lipinski definition) is 1. The highest BCUT2D eigenvalue weighted by Crippen LogP contribution is 2.69. The monoisotopic (exact) mass is 596 g/mol. The summed E-state index contributed by atoms with van der Waals surface area (Å²) >= 11 is 0. The average molecular weight is 596 g/mol. The Morgan fingerprint density at radius 3 is 2.23 bits per heavy atom. The Bertz CT molecular complexity index is 863. The molecule has 0 heterocycles. The first-order valence-electron chi connectivity index (χ1n) is 18.8. The molecule has 8 atom stereocenters. The van der Waals surface area contributed by atoms with Crippen LogP contribution in [0.25, 0.3) is 0 Å². The maximum Gasteiger partial charge on any atom is 0.216 e. The fraction of sp³-hybridized carbons (Fsp3) is 0.825. The van der Waals surface area contributed by atoms with E-state index in [1.54, 1.807) is 0 Å². The number of allylic oxidation sites excluding steroid dienone is 4. The Morgan fingerprint density at radius 1 is 1.00 bits per heavy atom. The fourth-order valence-electron chi connectivity index (χ4n) is 9.65. The normalized spacial score (nSPS) is 33.0. The summed E-state index contributed by atoms with van der Waals surface area (Å²) in [5, 5.41) is 3.20. The second kappa shape index (κ2) is 19.4. The molecule has 3 heteroatoms. The second-order valence-electron chi connectivity index (χ2n) is 14.5. The highest BCUT2D eigenvalue weighted by atomic mass is 16.1. The summed E-state index contributed by atoms with van der Waals surface area (Å²) < 4.78 is 0. The van der Waals surface area contributed by atoms with Gasteiger partial charge in [-0.2, -0.15) is 0 Å². The number of carbonyl (C=O) groups excluding carboxylic acids is 1. The van der Waals surface area contributed by atoms with Crippen molar-refractivity contribution in [1.29, 1.82) is 0 Å². The van der Waals surface area contributed by atoms with Crippen LogP contribution in [-0.4, -0.2) is 19.7 Å². The maximum absolute atomic E-state index is 12.3. The zero-order chi connectivity index (χ0) is 32.8. The molecule has 0 aliphatic heterocycles.